The number of primary amides is 1. The largest absolute Gasteiger partial charge is 0.399 e. The number of benzene rings is 1. The van der Waals surface area contributed by atoms with Crippen LogP contribution in [0.1, 0.15) is 18.5 Å². The van der Waals surface area contributed by atoms with Gasteiger partial charge in [0.1, 0.15) is 6.04 Å². The molecule has 0 aliphatic carbocycles. The van der Waals surface area contributed by atoms with Crippen LogP contribution >= 0.6 is 0 Å². The zero-order chi connectivity index (χ0) is 13.1. The van der Waals surface area contributed by atoms with E-state index >= 15 is 0 Å². The second-order valence-electron chi connectivity index (χ2n) is 4.58. The number of carbonyl (C=O) groups excluding carboxylic acids is 1. The average Bonchev–Trinajstić information content (AvgIpc) is 2.38. The average molecular weight is 249 g/mol. The molecule has 1 aliphatic heterocycles. The minimum atomic E-state index is -0.366. The molecule has 4 N–H and O–H groups in total. The first-order valence-electron chi connectivity index (χ1n) is 6.08. The van der Waals surface area contributed by atoms with E-state index in [0.29, 0.717) is 19.8 Å². The SMILES string of the molecule is CC(c1cccc(N)c1)N1CCOCC1C(N)=O. The number of carbonyl (C=O) groups is 1. The molecular weight excluding hydrogens is 230 g/mol. The standard InChI is InChI=1S/C13H19N3O2/c1-9(10-3-2-4-11(14)7-10)16-5-6-18-8-12(16)13(15)17/h2-4,7,9,12H,5-6,8,14H2,1H3,(H2,15,17). The zero-order valence-corrected chi connectivity index (χ0v) is 10.5. The lowest BCUT2D eigenvalue weighted by Crippen LogP contribution is -2.53. The normalized spacial score (nSPS) is 22.6. The van der Waals surface area contributed by atoms with E-state index in [4.69, 9.17) is 16.2 Å². The van der Waals surface area contributed by atoms with Crippen LogP contribution in [-0.4, -0.2) is 36.6 Å². The fraction of sp³-hybridized carbons (Fsp3) is 0.462. The maximum atomic E-state index is 11.4. The Morgan fingerprint density at radius 1 is 1.56 bits per heavy atom. The third-order valence-electron chi connectivity index (χ3n) is 3.39. The molecule has 2 unspecified atom stereocenters. The highest BCUT2D eigenvalue weighted by atomic mass is 16.5. The number of hydrogen-bond donors (Lipinski definition) is 2. The molecule has 5 nitrogen and oxygen atoms in total. The van der Waals surface area contributed by atoms with Gasteiger partial charge in [-0.2, -0.15) is 0 Å². The quantitative estimate of drug-likeness (QED) is 0.765. The molecule has 0 bridgehead atoms. The summed E-state index contributed by atoms with van der Waals surface area (Å²) < 4.78 is 5.32. The minimum Gasteiger partial charge on any atom is -0.399 e. The van der Waals surface area contributed by atoms with Gasteiger partial charge in [-0.3, -0.25) is 9.69 Å². The topological polar surface area (TPSA) is 81.6 Å². The molecule has 1 amide bonds. The van der Waals surface area contributed by atoms with E-state index in [1.807, 2.05) is 24.3 Å². The lowest BCUT2D eigenvalue weighted by molar-refractivity contribution is -0.131. The van der Waals surface area contributed by atoms with Crippen LogP contribution in [0.2, 0.25) is 0 Å². The Hall–Kier alpha value is -1.59. The number of morpholine rings is 1. The van der Waals surface area contributed by atoms with Crippen molar-refractivity contribution in [3.8, 4) is 0 Å². The zero-order valence-electron chi connectivity index (χ0n) is 10.5. The van der Waals surface area contributed by atoms with Gasteiger partial charge in [0, 0.05) is 18.3 Å². The van der Waals surface area contributed by atoms with Crippen LogP contribution < -0.4 is 11.5 Å². The van der Waals surface area contributed by atoms with Crippen LogP contribution in [0.5, 0.6) is 0 Å². The van der Waals surface area contributed by atoms with Crippen LogP contribution in [0, 0.1) is 0 Å². The number of nitrogens with two attached hydrogens (primary N) is 2. The fourth-order valence-corrected chi connectivity index (χ4v) is 2.34. The minimum absolute atomic E-state index is 0.0925. The second-order valence-corrected chi connectivity index (χ2v) is 4.58. The molecule has 1 aromatic carbocycles. The molecular formula is C13H19N3O2. The number of anilines is 1. The maximum Gasteiger partial charge on any atom is 0.237 e. The summed E-state index contributed by atoms with van der Waals surface area (Å²) in [4.78, 5) is 13.5. The fourth-order valence-electron chi connectivity index (χ4n) is 2.34. The van der Waals surface area contributed by atoms with Crippen molar-refractivity contribution in [2.45, 2.75) is 19.0 Å². The van der Waals surface area contributed by atoms with Crippen molar-refractivity contribution in [2.24, 2.45) is 5.73 Å². The van der Waals surface area contributed by atoms with Gasteiger partial charge in [0.25, 0.3) is 0 Å². The highest BCUT2D eigenvalue weighted by Gasteiger charge is 2.31. The summed E-state index contributed by atoms with van der Waals surface area (Å²) in [6.07, 6.45) is 0. The maximum absolute atomic E-state index is 11.4. The number of amides is 1. The summed E-state index contributed by atoms with van der Waals surface area (Å²) in [5.74, 6) is -0.342. The molecule has 0 spiro atoms. The summed E-state index contributed by atoms with van der Waals surface area (Å²) in [7, 11) is 0. The Morgan fingerprint density at radius 3 is 3.00 bits per heavy atom. The van der Waals surface area contributed by atoms with Crippen LogP contribution in [0.25, 0.3) is 0 Å². The molecule has 1 fully saturated rings. The van der Waals surface area contributed by atoms with E-state index in [0.717, 1.165) is 11.3 Å². The van der Waals surface area contributed by atoms with Gasteiger partial charge in [-0.1, -0.05) is 12.1 Å². The number of nitrogens with zero attached hydrogens (tertiary/aromatic N) is 1. The first-order valence-corrected chi connectivity index (χ1v) is 6.08. The Morgan fingerprint density at radius 2 is 2.33 bits per heavy atom. The molecule has 1 saturated heterocycles. The lowest BCUT2D eigenvalue weighted by Gasteiger charge is -2.38. The monoisotopic (exact) mass is 249 g/mol. The molecule has 1 aliphatic rings. The van der Waals surface area contributed by atoms with E-state index in [1.54, 1.807) is 0 Å². The Labute approximate surface area is 107 Å². The van der Waals surface area contributed by atoms with Gasteiger partial charge in [-0.25, -0.2) is 0 Å². The molecule has 18 heavy (non-hydrogen) atoms. The number of nitrogen functional groups attached to an aromatic ring is 1. The second kappa shape index (κ2) is 5.37. The van der Waals surface area contributed by atoms with E-state index in [2.05, 4.69) is 11.8 Å². The van der Waals surface area contributed by atoms with Gasteiger partial charge in [0.05, 0.1) is 13.2 Å². The summed E-state index contributed by atoms with van der Waals surface area (Å²) in [5, 5.41) is 0. The van der Waals surface area contributed by atoms with Gasteiger partial charge >= 0.3 is 0 Å². The molecule has 0 aromatic heterocycles. The number of hydrogen-bond acceptors (Lipinski definition) is 4. The Bertz CT molecular complexity index is 436. The Kier molecular flexibility index (Phi) is 3.84. The summed E-state index contributed by atoms with van der Waals surface area (Å²) in [6, 6.07) is 7.43. The van der Waals surface area contributed by atoms with E-state index < -0.39 is 0 Å². The molecule has 1 heterocycles. The van der Waals surface area contributed by atoms with Crippen molar-refractivity contribution in [1.29, 1.82) is 0 Å². The summed E-state index contributed by atoms with van der Waals surface area (Å²) in [6.45, 7) is 3.73. The summed E-state index contributed by atoms with van der Waals surface area (Å²) >= 11 is 0. The van der Waals surface area contributed by atoms with Gasteiger partial charge < -0.3 is 16.2 Å². The first-order chi connectivity index (χ1) is 8.59. The van der Waals surface area contributed by atoms with Crippen molar-refractivity contribution >= 4 is 11.6 Å². The van der Waals surface area contributed by atoms with Crippen molar-refractivity contribution in [1.82, 2.24) is 4.90 Å². The van der Waals surface area contributed by atoms with Crippen LogP contribution in [0.4, 0.5) is 5.69 Å². The molecule has 2 atom stereocenters. The highest BCUT2D eigenvalue weighted by molar-refractivity contribution is 5.80. The van der Waals surface area contributed by atoms with Crippen molar-refractivity contribution in [3.63, 3.8) is 0 Å². The predicted octanol–water partition coefficient (Wildman–Crippen LogP) is 0.516. The lowest BCUT2D eigenvalue weighted by atomic mass is 10.0. The molecule has 5 heteroatoms. The molecule has 98 valence electrons. The predicted molar refractivity (Wildman–Crippen MR) is 69.8 cm³/mol. The van der Waals surface area contributed by atoms with Crippen LogP contribution in [0.15, 0.2) is 24.3 Å². The van der Waals surface area contributed by atoms with Gasteiger partial charge in [0.2, 0.25) is 5.91 Å². The summed E-state index contributed by atoms with van der Waals surface area (Å²) in [5.41, 5.74) is 13.0. The number of rotatable bonds is 3. The van der Waals surface area contributed by atoms with Gasteiger partial charge in [-0.05, 0) is 24.6 Å². The third-order valence-corrected chi connectivity index (χ3v) is 3.39. The highest BCUT2D eigenvalue weighted by Crippen LogP contribution is 2.25. The van der Waals surface area contributed by atoms with Gasteiger partial charge in [0.15, 0.2) is 0 Å². The molecule has 0 radical (unpaired) electrons. The Balaban J connectivity index is 2.20. The van der Waals surface area contributed by atoms with Gasteiger partial charge in [-0.15, -0.1) is 0 Å². The number of ether oxygens (including phenoxy) is 1. The first kappa shape index (κ1) is 12.9. The van der Waals surface area contributed by atoms with Crippen molar-refractivity contribution < 1.29 is 9.53 Å². The van der Waals surface area contributed by atoms with Crippen LogP contribution in [0.3, 0.4) is 0 Å². The smallest absolute Gasteiger partial charge is 0.237 e. The van der Waals surface area contributed by atoms with E-state index in [-0.39, 0.29) is 18.0 Å². The molecule has 2 rings (SSSR count). The molecule has 0 saturated carbocycles. The van der Waals surface area contributed by atoms with Crippen molar-refractivity contribution in [2.75, 3.05) is 25.5 Å². The molecule has 1 aromatic rings. The van der Waals surface area contributed by atoms with E-state index in [9.17, 15) is 4.79 Å². The third kappa shape index (κ3) is 2.63. The van der Waals surface area contributed by atoms with Crippen LogP contribution in [-0.2, 0) is 9.53 Å². The van der Waals surface area contributed by atoms with E-state index in [1.165, 1.54) is 0 Å². The van der Waals surface area contributed by atoms with Crippen molar-refractivity contribution in [3.05, 3.63) is 29.8 Å².